The standard InChI is InChI=1S/C14H22BrNO2/c1-14(2,7-9-17)16-8-6-11-10-12(15)4-5-13(11)18-3/h4-5,10,16-17H,6-9H2,1-3H3. The first-order chi connectivity index (χ1) is 8.48. The molecule has 0 aliphatic carbocycles. The van der Waals surface area contributed by atoms with Crippen LogP contribution in [0.25, 0.3) is 0 Å². The molecule has 4 heteroatoms. The van der Waals surface area contributed by atoms with Crippen LogP contribution in [0.2, 0.25) is 0 Å². The Morgan fingerprint density at radius 2 is 2.11 bits per heavy atom. The Bertz CT molecular complexity index is 380. The number of rotatable bonds is 7. The fraction of sp³-hybridized carbons (Fsp3) is 0.571. The van der Waals surface area contributed by atoms with Crippen LogP contribution in [-0.4, -0.2) is 30.9 Å². The van der Waals surface area contributed by atoms with Crippen LogP contribution < -0.4 is 10.1 Å². The molecule has 0 spiro atoms. The van der Waals surface area contributed by atoms with Crippen LogP contribution in [0.3, 0.4) is 0 Å². The van der Waals surface area contributed by atoms with Crippen molar-refractivity contribution in [3.05, 3.63) is 28.2 Å². The van der Waals surface area contributed by atoms with Gasteiger partial charge in [0, 0.05) is 16.6 Å². The molecule has 0 amide bonds. The summed E-state index contributed by atoms with van der Waals surface area (Å²) in [4.78, 5) is 0. The van der Waals surface area contributed by atoms with E-state index in [0.29, 0.717) is 0 Å². The van der Waals surface area contributed by atoms with E-state index in [-0.39, 0.29) is 12.1 Å². The highest BCUT2D eigenvalue weighted by Crippen LogP contribution is 2.23. The summed E-state index contributed by atoms with van der Waals surface area (Å²) in [7, 11) is 1.69. The summed E-state index contributed by atoms with van der Waals surface area (Å²) in [6.07, 6.45) is 1.65. The molecule has 1 rings (SSSR count). The molecule has 0 atom stereocenters. The molecule has 0 aliphatic rings. The Labute approximate surface area is 118 Å². The van der Waals surface area contributed by atoms with Gasteiger partial charge >= 0.3 is 0 Å². The van der Waals surface area contributed by atoms with E-state index in [1.807, 2.05) is 12.1 Å². The zero-order chi connectivity index (χ0) is 13.6. The van der Waals surface area contributed by atoms with Gasteiger partial charge in [-0.1, -0.05) is 15.9 Å². The van der Waals surface area contributed by atoms with Gasteiger partial charge in [0.15, 0.2) is 0 Å². The zero-order valence-electron chi connectivity index (χ0n) is 11.3. The number of hydrogen-bond acceptors (Lipinski definition) is 3. The largest absolute Gasteiger partial charge is 0.496 e. The summed E-state index contributed by atoms with van der Waals surface area (Å²) in [5.74, 6) is 0.917. The number of nitrogens with one attached hydrogen (secondary N) is 1. The molecule has 3 nitrogen and oxygen atoms in total. The molecule has 102 valence electrons. The molecular weight excluding hydrogens is 294 g/mol. The van der Waals surface area contributed by atoms with Crippen molar-refractivity contribution in [2.24, 2.45) is 0 Å². The Balaban J connectivity index is 2.55. The molecule has 18 heavy (non-hydrogen) atoms. The van der Waals surface area contributed by atoms with Gasteiger partial charge in [0.2, 0.25) is 0 Å². The number of halogens is 1. The Morgan fingerprint density at radius 1 is 1.39 bits per heavy atom. The first-order valence-electron chi connectivity index (χ1n) is 6.17. The summed E-state index contributed by atoms with van der Waals surface area (Å²) >= 11 is 3.47. The molecule has 0 fully saturated rings. The van der Waals surface area contributed by atoms with Crippen molar-refractivity contribution < 1.29 is 9.84 Å². The predicted molar refractivity (Wildman–Crippen MR) is 78.2 cm³/mol. The predicted octanol–water partition coefficient (Wildman–Crippen LogP) is 2.75. The molecule has 0 saturated heterocycles. The van der Waals surface area contributed by atoms with Crippen LogP contribution in [0.15, 0.2) is 22.7 Å². The minimum absolute atomic E-state index is 0.0337. The molecule has 0 heterocycles. The Hall–Kier alpha value is -0.580. The number of methoxy groups -OCH3 is 1. The van der Waals surface area contributed by atoms with Crippen LogP contribution in [0.1, 0.15) is 25.8 Å². The van der Waals surface area contributed by atoms with Gasteiger partial charge in [-0.3, -0.25) is 0 Å². The van der Waals surface area contributed by atoms with Crippen molar-refractivity contribution in [1.82, 2.24) is 5.32 Å². The quantitative estimate of drug-likeness (QED) is 0.813. The summed E-state index contributed by atoms with van der Waals surface area (Å²) < 4.78 is 6.40. The first kappa shape index (κ1) is 15.5. The van der Waals surface area contributed by atoms with E-state index >= 15 is 0 Å². The van der Waals surface area contributed by atoms with Gasteiger partial charge in [-0.2, -0.15) is 0 Å². The average Bonchev–Trinajstić information content (AvgIpc) is 2.29. The number of hydrogen-bond donors (Lipinski definition) is 2. The van der Waals surface area contributed by atoms with Crippen molar-refractivity contribution in [2.75, 3.05) is 20.3 Å². The van der Waals surface area contributed by atoms with Gasteiger partial charge in [0.25, 0.3) is 0 Å². The molecule has 2 N–H and O–H groups in total. The van der Waals surface area contributed by atoms with Crippen LogP contribution in [-0.2, 0) is 6.42 Å². The third kappa shape index (κ3) is 4.96. The molecule has 0 aromatic heterocycles. The van der Waals surface area contributed by atoms with E-state index in [1.165, 1.54) is 5.56 Å². The second-order valence-electron chi connectivity index (χ2n) is 4.99. The number of ether oxygens (including phenoxy) is 1. The summed E-state index contributed by atoms with van der Waals surface area (Å²) in [5.41, 5.74) is 1.15. The minimum Gasteiger partial charge on any atom is -0.496 e. The van der Waals surface area contributed by atoms with E-state index in [4.69, 9.17) is 9.84 Å². The Kier molecular flexibility index (Phi) is 6.12. The molecule has 1 aromatic carbocycles. The summed E-state index contributed by atoms with van der Waals surface area (Å²) in [6.45, 7) is 5.27. The highest BCUT2D eigenvalue weighted by molar-refractivity contribution is 9.10. The average molecular weight is 316 g/mol. The lowest BCUT2D eigenvalue weighted by atomic mass is 10.0. The van der Waals surface area contributed by atoms with Crippen molar-refractivity contribution in [2.45, 2.75) is 32.2 Å². The number of benzene rings is 1. The van der Waals surface area contributed by atoms with Crippen LogP contribution in [0.5, 0.6) is 5.75 Å². The van der Waals surface area contributed by atoms with Gasteiger partial charge in [0.05, 0.1) is 7.11 Å². The molecule has 0 unspecified atom stereocenters. The minimum atomic E-state index is -0.0337. The highest BCUT2D eigenvalue weighted by Gasteiger charge is 2.15. The maximum absolute atomic E-state index is 8.97. The Morgan fingerprint density at radius 3 is 2.72 bits per heavy atom. The molecule has 0 saturated carbocycles. The number of aliphatic hydroxyl groups is 1. The normalized spacial score (nSPS) is 11.6. The fourth-order valence-corrected chi connectivity index (χ4v) is 2.25. The van der Waals surface area contributed by atoms with E-state index in [1.54, 1.807) is 7.11 Å². The third-order valence-electron chi connectivity index (χ3n) is 2.98. The van der Waals surface area contributed by atoms with E-state index in [0.717, 1.165) is 29.6 Å². The second kappa shape index (κ2) is 7.12. The lowest BCUT2D eigenvalue weighted by molar-refractivity contribution is 0.231. The van der Waals surface area contributed by atoms with Gasteiger partial charge in [0.1, 0.15) is 5.75 Å². The SMILES string of the molecule is COc1ccc(Br)cc1CCNC(C)(C)CCO. The van der Waals surface area contributed by atoms with E-state index in [9.17, 15) is 0 Å². The lowest BCUT2D eigenvalue weighted by Crippen LogP contribution is -2.41. The van der Waals surface area contributed by atoms with E-state index in [2.05, 4.69) is 41.2 Å². The van der Waals surface area contributed by atoms with Gasteiger partial charge in [-0.05, 0) is 57.0 Å². The maximum Gasteiger partial charge on any atom is 0.122 e. The summed E-state index contributed by atoms with van der Waals surface area (Å²) in [6, 6.07) is 6.03. The number of aliphatic hydroxyl groups excluding tert-OH is 1. The maximum atomic E-state index is 8.97. The summed E-state index contributed by atoms with van der Waals surface area (Å²) in [5, 5.41) is 12.4. The van der Waals surface area contributed by atoms with Crippen LogP contribution in [0, 0.1) is 0 Å². The monoisotopic (exact) mass is 315 g/mol. The molecule has 0 radical (unpaired) electrons. The van der Waals surface area contributed by atoms with Gasteiger partial charge in [-0.15, -0.1) is 0 Å². The van der Waals surface area contributed by atoms with E-state index < -0.39 is 0 Å². The molecule has 1 aromatic rings. The molecule has 0 bridgehead atoms. The van der Waals surface area contributed by atoms with Crippen LogP contribution >= 0.6 is 15.9 Å². The third-order valence-corrected chi connectivity index (χ3v) is 3.47. The van der Waals surface area contributed by atoms with Crippen molar-refractivity contribution in [3.8, 4) is 5.75 Å². The van der Waals surface area contributed by atoms with Crippen LogP contribution in [0.4, 0.5) is 0 Å². The second-order valence-corrected chi connectivity index (χ2v) is 5.91. The first-order valence-corrected chi connectivity index (χ1v) is 6.96. The zero-order valence-corrected chi connectivity index (χ0v) is 12.9. The molecule has 0 aliphatic heterocycles. The lowest BCUT2D eigenvalue weighted by Gasteiger charge is -2.25. The fourth-order valence-electron chi connectivity index (χ4n) is 1.85. The highest BCUT2D eigenvalue weighted by atomic mass is 79.9. The van der Waals surface area contributed by atoms with Crippen molar-refractivity contribution >= 4 is 15.9 Å². The van der Waals surface area contributed by atoms with Gasteiger partial charge in [-0.25, -0.2) is 0 Å². The van der Waals surface area contributed by atoms with Crippen molar-refractivity contribution in [1.29, 1.82) is 0 Å². The van der Waals surface area contributed by atoms with Crippen molar-refractivity contribution in [3.63, 3.8) is 0 Å². The van der Waals surface area contributed by atoms with Gasteiger partial charge < -0.3 is 15.2 Å². The smallest absolute Gasteiger partial charge is 0.122 e. The topological polar surface area (TPSA) is 41.5 Å². The molecular formula is C14H22BrNO2.